The van der Waals surface area contributed by atoms with Crippen LogP contribution < -0.4 is 10.2 Å². The summed E-state index contributed by atoms with van der Waals surface area (Å²) in [7, 11) is 0. The third-order valence-corrected chi connectivity index (χ3v) is 4.88. The Balaban J connectivity index is 1.44. The van der Waals surface area contributed by atoms with E-state index in [4.69, 9.17) is 4.98 Å². The summed E-state index contributed by atoms with van der Waals surface area (Å²) < 4.78 is 15.5. The number of aryl methyl sites for hydroxylation is 1. The zero-order valence-electron chi connectivity index (χ0n) is 15.2. The Morgan fingerprint density at radius 2 is 1.89 bits per heavy atom. The number of aromatic nitrogens is 2. The van der Waals surface area contributed by atoms with Crippen molar-refractivity contribution in [3.63, 3.8) is 0 Å². The molecule has 1 aliphatic heterocycles. The van der Waals surface area contributed by atoms with Crippen molar-refractivity contribution < 1.29 is 9.18 Å². The van der Waals surface area contributed by atoms with Gasteiger partial charge in [0.05, 0.1) is 11.0 Å². The van der Waals surface area contributed by atoms with Crippen LogP contribution in [-0.4, -0.2) is 46.7 Å². The van der Waals surface area contributed by atoms with E-state index >= 15 is 0 Å². The number of nitrogens with zero attached hydrogens (tertiary/aromatic N) is 4. The number of anilines is 2. The van der Waals surface area contributed by atoms with Gasteiger partial charge in [0, 0.05) is 38.4 Å². The lowest BCUT2D eigenvalue weighted by Crippen LogP contribution is -2.50. The fraction of sp³-hybridized carbons (Fsp3) is 0.300. The van der Waals surface area contributed by atoms with Gasteiger partial charge in [0.25, 0.3) is 0 Å². The molecule has 1 aromatic heterocycles. The Kier molecular flexibility index (Phi) is 4.66. The van der Waals surface area contributed by atoms with Gasteiger partial charge in [0.2, 0.25) is 5.95 Å². The molecular weight excluding hydrogens is 345 g/mol. The SMILES string of the molecule is CCn1c(N2CCN(C(=O)Nc3cccc(F)c3)CC2)nc2ccccc21. The van der Waals surface area contributed by atoms with Crippen LogP contribution in [0.5, 0.6) is 0 Å². The number of halogens is 1. The van der Waals surface area contributed by atoms with Crippen molar-refractivity contribution in [2.45, 2.75) is 13.5 Å². The van der Waals surface area contributed by atoms with E-state index in [0.717, 1.165) is 23.5 Å². The summed E-state index contributed by atoms with van der Waals surface area (Å²) in [6, 6.07) is 13.9. The van der Waals surface area contributed by atoms with E-state index in [1.165, 1.54) is 12.1 Å². The van der Waals surface area contributed by atoms with Crippen molar-refractivity contribution in [2.75, 3.05) is 36.4 Å². The number of urea groups is 1. The van der Waals surface area contributed by atoms with Crippen LogP contribution in [0.1, 0.15) is 6.92 Å². The number of imidazole rings is 1. The van der Waals surface area contributed by atoms with Crippen molar-refractivity contribution in [2.24, 2.45) is 0 Å². The molecule has 6 nitrogen and oxygen atoms in total. The summed E-state index contributed by atoms with van der Waals surface area (Å²) in [5, 5.41) is 2.76. The number of carbonyl (C=O) groups is 1. The van der Waals surface area contributed by atoms with E-state index < -0.39 is 0 Å². The lowest BCUT2D eigenvalue weighted by molar-refractivity contribution is 0.208. The van der Waals surface area contributed by atoms with E-state index in [1.807, 2.05) is 18.2 Å². The van der Waals surface area contributed by atoms with Crippen molar-refractivity contribution in [1.82, 2.24) is 14.5 Å². The first kappa shape index (κ1) is 17.3. The molecule has 0 saturated carbocycles. The topological polar surface area (TPSA) is 53.4 Å². The zero-order valence-corrected chi connectivity index (χ0v) is 15.2. The first-order valence-corrected chi connectivity index (χ1v) is 9.17. The first-order chi connectivity index (χ1) is 13.2. The largest absolute Gasteiger partial charge is 0.339 e. The highest BCUT2D eigenvalue weighted by atomic mass is 19.1. The summed E-state index contributed by atoms with van der Waals surface area (Å²) in [4.78, 5) is 21.2. The minimum atomic E-state index is -0.365. The van der Waals surface area contributed by atoms with Gasteiger partial charge in [-0.3, -0.25) is 0 Å². The number of amides is 2. The molecule has 2 aromatic carbocycles. The Morgan fingerprint density at radius 3 is 2.63 bits per heavy atom. The lowest BCUT2D eigenvalue weighted by atomic mass is 10.3. The van der Waals surface area contributed by atoms with Gasteiger partial charge in [-0.05, 0) is 37.3 Å². The zero-order chi connectivity index (χ0) is 18.8. The highest BCUT2D eigenvalue weighted by molar-refractivity contribution is 5.89. The highest BCUT2D eigenvalue weighted by Gasteiger charge is 2.24. The highest BCUT2D eigenvalue weighted by Crippen LogP contribution is 2.23. The quantitative estimate of drug-likeness (QED) is 0.770. The molecule has 3 aromatic rings. The molecule has 1 N–H and O–H groups in total. The van der Waals surface area contributed by atoms with Crippen LogP contribution in [0.15, 0.2) is 48.5 Å². The van der Waals surface area contributed by atoms with Crippen LogP contribution in [0, 0.1) is 5.82 Å². The second-order valence-corrected chi connectivity index (χ2v) is 6.56. The van der Waals surface area contributed by atoms with Crippen LogP contribution in [0.4, 0.5) is 20.8 Å². The molecule has 0 aliphatic carbocycles. The third kappa shape index (κ3) is 3.45. The van der Waals surface area contributed by atoms with Crippen LogP contribution in [0.2, 0.25) is 0 Å². The monoisotopic (exact) mass is 367 g/mol. The molecule has 1 saturated heterocycles. The molecule has 0 radical (unpaired) electrons. The summed E-state index contributed by atoms with van der Waals surface area (Å²) >= 11 is 0. The number of fused-ring (bicyclic) bond motifs is 1. The van der Waals surface area contributed by atoms with Gasteiger partial charge >= 0.3 is 6.03 Å². The third-order valence-electron chi connectivity index (χ3n) is 4.88. The molecule has 140 valence electrons. The number of benzene rings is 2. The van der Waals surface area contributed by atoms with Crippen LogP contribution in [0.25, 0.3) is 11.0 Å². The fourth-order valence-electron chi connectivity index (χ4n) is 3.49. The molecule has 4 rings (SSSR count). The van der Waals surface area contributed by atoms with Gasteiger partial charge < -0.3 is 19.7 Å². The second-order valence-electron chi connectivity index (χ2n) is 6.56. The van der Waals surface area contributed by atoms with Gasteiger partial charge in [-0.2, -0.15) is 0 Å². The molecule has 1 aliphatic rings. The van der Waals surface area contributed by atoms with Crippen molar-refractivity contribution in [1.29, 1.82) is 0 Å². The molecule has 0 unspecified atom stereocenters. The van der Waals surface area contributed by atoms with Crippen LogP contribution >= 0.6 is 0 Å². The number of nitrogens with one attached hydrogen (secondary N) is 1. The Bertz CT molecular complexity index is 962. The minimum absolute atomic E-state index is 0.204. The summed E-state index contributed by atoms with van der Waals surface area (Å²) in [5.41, 5.74) is 2.58. The fourth-order valence-corrected chi connectivity index (χ4v) is 3.49. The molecular formula is C20H22FN5O. The molecule has 0 bridgehead atoms. The first-order valence-electron chi connectivity index (χ1n) is 9.17. The van der Waals surface area contributed by atoms with E-state index in [2.05, 4.69) is 27.8 Å². The Hall–Kier alpha value is -3.09. The van der Waals surface area contributed by atoms with Crippen molar-refractivity contribution in [3.05, 3.63) is 54.3 Å². The smallest absolute Gasteiger partial charge is 0.321 e. The standard InChI is InChI=1S/C20H22FN5O/c1-2-26-18-9-4-3-8-17(18)23-19(26)24-10-12-25(13-11-24)20(27)22-16-7-5-6-15(21)14-16/h3-9,14H,2,10-13H2,1H3,(H,22,27). The Labute approximate surface area is 157 Å². The number of hydrogen-bond acceptors (Lipinski definition) is 3. The van der Waals surface area contributed by atoms with Crippen molar-refractivity contribution in [3.8, 4) is 0 Å². The van der Waals surface area contributed by atoms with E-state index in [-0.39, 0.29) is 11.8 Å². The normalized spacial score (nSPS) is 14.6. The van der Waals surface area contributed by atoms with E-state index in [1.54, 1.807) is 17.0 Å². The maximum Gasteiger partial charge on any atom is 0.321 e. The average molecular weight is 367 g/mol. The number of para-hydroxylation sites is 2. The number of rotatable bonds is 3. The van der Waals surface area contributed by atoms with E-state index in [0.29, 0.717) is 31.9 Å². The molecule has 27 heavy (non-hydrogen) atoms. The minimum Gasteiger partial charge on any atom is -0.339 e. The summed E-state index contributed by atoms with van der Waals surface area (Å²) in [6.45, 7) is 5.55. The number of carbonyl (C=O) groups excluding carboxylic acids is 1. The molecule has 2 heterocycles. The average Bonchev–Trinajstić information content (AvgIpc) is 3.06. The van der Waals surface area contributed by atoms with Crippen LogP contribution in [0.3, 0.4) is 0 Å². The second kappa shape index (κ2) is 7.26. The van der Waals surface area contributed by atoms with Gasteiger partial charge in [-0.25, -0.2) is 14.2 Å². The lowest BCUT2D eigenvalue weighted by Gasteiger charge is -2.35. The predicted octanol–water partition coefficient (Wildman–Crippen LogP) is 3.55. The summed E-state index contributed by atoms with van der Waals surface area (Å²) in [6.07, 6.45) is 0. The molecule has 2 amide bonds. The predicted molar refractivity (Wildman–Crippen MR) is 105 cm³/mol. The summed E-state index contributed by atoms with van der Waals surface area (Å²) in [5.74, 6) is 0.583. The molecule has 0 spiro atoms. The number of hydrogen-bond donors (Lipinski definition) is 1. The van der Waals surface area contributed by atoms with Gasteiger partial charge in [0.1, 0.15) is 5.82 Å². The molecule has 1 fully saturated rings. The van der Waals surface area contributed by atoms with E-state index in [9.17, 15) is 9.18 Å². The maximum absolute atomic E-state index is 13.3. The maximum atomic E-state index is 13.3. The number of piperazine rings is 1. The van der Waals surface area contributed by atoms with Gasteiger partial charge in [-0.15, -0.1) is 0 Å². The van der Waals surface area contributed by atoms with Crippen LogP contribution in [-0.2, 0) is 6.54 Å². The van der Waals surface area contributed by atoms with Crippen molar-refractivity contribution >= 4 is 28.7 Å². The van der Waals surface area contributed by atoms with Gasteiger partial charge in [0.15, 0.2) is 0 Å². The molecule has 7 heteroatoms. The molecule has 0 atom stereocenters. The van der Waals surface area contributed by atoms with Gasteiger partial charge in [-0.1, -0.05) is 18.2 Å². The Morgan fingerprint density at radius 1 is 1.11 bits per heavy atom.